The van der Waals surface area contributed by atoms with Crippen molar-refractivity contribution in [3.05, 3.63) is 111 Å². The van der Waals surface area contributed by atoms with Gasteiger partial charge in [-0.25, -0.2) is 4.98 Å². The number of nitrogens with one attached hydrogen (secondary N) is 1. The number of thiazole rings is 1. The van der Waals surface area contributed by atoms with Crippen LogP contribution in [0.2, 0.25) is 0 Å². The lowest BCUT2D eigenvalue weighted by atomic mass is 9.87. The molecule has 1 aliphatic heterocycles. The van der Waals surface area contributed by atoms with Crippen molar-refractivity contribution in [2.45, 2.75) is 51.7 Å². The van der Waals surface area contributed by atoms with Crippen molar-refractivity contribution in [2.75, 3.05) is 11.9 Å². The predicted octanol–water partition coefficient (Wildman–Crippen LogP) is 6.95. The van der Waals surface area contributed by atoms with Crippen molar-refractivity contribution < 1.29 is 14.3 Å². The number of aryl methyl sites for hydroxylation is 1. The van der Waals surface area contributed by atoms with E-state index in [4.69, 9.17) is 4.74 Å². The van der Waals surface area contributed by atoms with Crippen molar-refractivity contribution in [1.82, 2.24) is 9.88 Å². The fraction of sp³-hybridized carbons (Fsp3) is 0.303. The summed E-state index contributed by atoms with van der Waals surface area (Å²) in [6, 6.07) is 24.1. The first-order chi connectivity index (χ1) is 19.5. The normalized spacial score (nSPS) is 16.9. The maximum Gasteiger partial charge on any atom is 0.275 e. The van der Waals surface area contributed by atoms with Gasteiger partial charge in [0.1, 0.15) is 23.1 Å². The molecule has 2 amide bonds. The third kappa shape index (κ3) is 5.65. The SMILES string of the molecule is Cc1ccc(NC(=O)c2csc(COc3ccc4c(c3)C(c3ccccc3)N(C(=O)C3CCCC3)CC4)n2)cc1. The Labute approximate surface area is 239 Å². The molecule has 2 heterocycles. The van der Waals surface area contributed by atoms with Gasteiger partial charge in [-0.3, -0.25) is 9.59 Å². The minimum atomic E-state index is -0.238. The van der Waals surface area contributed by atoms with Gasteiger partial charge >= 0.3 is 0 Å². The molecule has 3 aromatic carbocycles. The molecule has 7 heteroatoms. The number of anilines is 1. The summed E-state index contributed by atoms with van der Waals surface area (Å²) in [6.45, 7) is 3.01. The van der Waals surface area contributed by atoms with Crippen LogP contribution in [0.1, 0.15) is 69.5 Å². The number of aromatic nitrogens is 1. The Morgan fingerprint density at radius 2 is 1.80 bits per heavy atom. The lowest BCUT2D eigenvalue weighted by Gasteiger charge is -2.39. The first kappa shape index (κ1) is 26.3. The number of nitrogens with zero attached hydrogens (tertiary/aromatic N) is 2. The second-order valence-corrected chi connectivity index (χ2v) is 11.6. The second kappa shape index (κ2) is 11.6. The van der Waals surface area contributed by atoms with Crippen molar-refractivity contribution >= 4 is 28.8 Å². The van der Waals surface area contributed by atoms with E-state index in [2.05, 4.69) is 39.5 Å². The van der Waals surface area contributed by atoms with Gasteiger partial charge < -0.3 is 15.0 Å². The molecule has 1 N–H and O–H groups in total. The van der Waals surface area contributed by atoms with Gasteiger partial charge in [0.25, 0.3) is 5.91 Å². The first-order valence-electron chi connectivity index (χ1n) is 14.0. The van der Waals surface area contributed by atoms with Gasteiger partial charge in [0, 0.05) is 23.5 Å². The minimum Gasteiger partial charge on any atom is -0.486 e. The molecule has 1 saturated carbocycles. The summed E-state index contributed by atoms with van der Waals surface area (Å²) in [5, 5.41) is 5.38. The molecule has 1 aromatic heterocycles. The molecule has 1 unspecified atom stereocenters. The Balaban J connectivity index is 1.18. The van der Waals surface area contributed by atoms with Crippen LogP contribution in [-0.4, -0.2) is 28.2 Å². The van der Waals surface area contributed by atoms with E-state index in [9.17, 15) is 9.59 Å². The molecule has 0 radical (unpaired) electrons. The maximum atomic E-state index is 13.6. The third-order valence-corrected chi connectivity index (χ3v) is 8.73. The molecule has 0 saturated heterocycles. The summed E-state index contributed by atoms with van der Waals surface area (Å²) in [7, 11) is 0. The number of carbonyl (C=O) groups is 2. The van der Waals surface area contributed by atoms with E-state index in [1.807, 2.05) is 55.5 Å². The van der Waals surface area contributed by atoms with Crippen LogP contribution in [0.25, 0.3) is 0 Å². The summed E-state index contributed by atoms with van der Waals surface area (Å²) in [4.78, 5) is 32.9. The Kier molecular flexibility index (Phi) is 7.64. The molecule has 6 nitrogen and oxygen atoms in total. The zero-order chi connectivity index (χ0) is 27.5. The van der Waals surface area contributed by atoms with Crippen LogP contribution in [-0.2, 0) is 17.8 Å². The number of fused-ring (bicyclic) bond motifs is 1. The molecule has 2 aliphatic rings. The molecule has 6 rings (SSSR count). The fourth-order valence-corrected chi connectivity index (χ4v) is 6.47. The van der Waals surface area contributed by atoms with Crippen molar-refractivity contribution in [1.29, 1.82) is 0 Å². The van der Waals surface area contributed by atoms with Crippen molar-refractivity contribution in [3.63, 3.8) is 0 Å². The molecule has 1 atom stereocenters. The second-order valence-electron chi connectivity index (χ2n) is 10.7. The Bertz CT molecular complexity index is 1490. The zero-order valence-electron chi connectivity index (χ0n) is 22.6. The smallest absolute Gasteiger partial charge is 0.275 e. The van der Waals surface area contributed by atoms with Gasteiger partial charge in [0.15, 0.2) is 0 Å². The quantitative estimate of drug-likeness (QED) is 0.270. The first-order valence-corrected chi connectivity index (χ1v) is 14.9. The Morgan fingerprint density at radius 3 is 2.58 bits per heavy atom. The van der Waals surface area contributed by atoms with E-state index < -0.39 is 0 Å². The zero-order valence-corrected chi connectivity index (χ0v) is 23.5. The van der Waals surface area contributed by atoms with Crippen LogP contribution in [0, 0.1) is 12.8 Å². The number of amides is 2. The van der Waals surface area contributed by atoms with E-state index in [0.717, 1.165) is 71.8 Å². The van der Waals surface area contributed by atoms with E-state index in [-0.39, 0.29) is 30.4 Å². The van der Waals surface area contributed by atoms with E-state index >= 15 is 0 Å². The number of hydrogen-bond donors (Lipinski definition) is 1. The molecular formula is C33H33N3O3S. The number of ether oxygens (including phenoxy) is 1. The molecule has 4 aromatic rings. The lowest BCUT2D eigenvalue weighted by molar-refractivity contribution is -0.137. The maximum absolute atomic E-state index is 13.6. The van der Waals surface area contributed by atoms with Gasteiger partial charge in [-0.15, -0.1) is 11.3 Å². The largest absolute Gasteiger partial charge is 0.486 e. The average Bonchev–Trinajstić information content (AvgIpc) is 3.70. The molecule has 0 bridgehead atoms. The van der Waals surface area contributed by atoms with Gasteiger partial charge in [0.2, 0.25) is 5.91 Å². The van der Waals surface area contributed by atoms with Crippen LogP contribution >= 0.6 is 11.3 Å². The topological polar surface area (TPSA) is 71.5 Å². The Morgan fingerprint density at radius 1 is 1.02 bits per heavy atom. The Hall–Kier alpha value is -3.97. The summed E-state index contributed by atoms with van der Waals surface area (Å²) in [5.41, 5.74) is 5.75. The minimum absolute atomic E-state index is 0.126. The van der Waals surface area contributed by atoms with E-state index in [1.165, 1.54) is 16.9 Å². The summed E-state index contributed by atoms with van der Waals surface area (Å²) < 4.78 is 6.18. The number of benzene rings is 3. The standard InChI is InChI=1S/C33H33N3O3S/c1-22-11-14-26(15-12-22)34-32(37)29-21-40-30(35-29)20-39-27-16-13-23-17-18-36(33(38)25-9-5-6-10-25)31(28(23)19-27)24-7-3-2-4-8-24/h2-4,7-8,11-16,19,21,25,31H,5-6,9-10,17-18,20H2,1H3,(H,34,37). The highest BCUT2D eigenvalue weighted by Crippen LogP contribution is 2.39. The van der Waals surface area contributed by atoms with Gasteiger partial charge in [0.05, 0.1) is 6.04 Å². The van der Waals surface area contributed by atoms with Crippen LogP contribution in [0.4, 0.5) is 5.69 Å². The van der Waals surface area contributed by atoms with Crippen molar-refractivity contribution in [2.24, 2.45) is 5.92 Å². The highest BCUT2D eigenvalue weighted by atomic mass is 32.1. The summed E-state index contributed by atoms with van der Waals surface area (Å²) in [5.74, 6) is 0.908. The van der Waals surface area contributed by atoms with Gasteiger partial charge in [-0.1, -0.05) is 66.9 Å². The van der Waals surface area contributed by atoms with Crippen LogP contribution in [0.15, 0.2) is 78.2 Å². The van der Waals surface area contributed by atoms with Crippen LogP contribution in [0.3, 0.4) is 0 Å². The molecule has 204 valence electrons. The van der Waals surface area contributed by atoms with Gasteiger partial charge in [-0.05, 0) is 67.1 Å². The lowest BCUT2D eigenvalue weighted by Crippen LogP contribution is -2.43. The number of hydrogen-bond acceptors (Lipinski definition) is 5. The predicted molar refractivity (Wildman–Crippen MR) is 158 cm³/mol. The van der Waals surface area contributed by atoms with E-state index in [0.29, 0.717) is 5.69 Å². The van der Waals surface area contributed by atoms with Crippen molar-refractivity contribution in [3.8, 4) is 5.75 Å². The van der Waals surface area contributed by atoms with Crippen LogP contribution in [0.5, 0.6) is 5.75 Å². The van der Waals surface area contributed by atoms with Gasteiger partial charge in [-0.2, -0.15) is 0 Å². The summed E-state index contributed by atoms with van der Waals surface area (Å²) in [6.07, 6.45) is 5.10. The van der Waals surface area contributed by atoms with E-state index in [1.54, 1.807) is 5.38 Å². The molecule has 40 heavy (non-hydrogen) atoms. The highest BCUT2D eigenvalue weighted by Gasteiger charge is 2.36. The summed E-state index contributed by atoms with van der Waals surface area (Å²) >= 11 is 1.40. The van der Waals surface area contributed by atoms with Crippen LogP contribution < -0.4 is 10.1 Å². The molecular weight excluding hydrogens is 518 g/mol. The number of rotatable bonds is 7. The highest BCUT2D eigenvalue weighted by molar-refractivity contribution is 7.09. The molecule has 1 fully saturated rings. The molecule has 1 aliphatic carbocycles. The third-order valence-electron chi connectivity index (χ3n) is 7.90. The monoisotopic (exact) mass is 551 g/mol. The average molecular weight is 552 g/mol. The number of carbonyl (C=O) groups excluding carboxylic acids is 2. The molecule has 0 spiro atoms. The fourth-order valence-electron chi connectivity index (χ4n) is 5.78.